The van der Waals surface area contributed by atoms with Gasteiger partial charge < -0.3 is 10.6 Å². The number of nitrogens with zero attached hydrogens (tertiary/aromatic N) is 1. The second-order valence-electron chi connectivity index (χ2n) is 4.82. The molecule has 2 rings (SSSR count). The van der Waals surface area contributed by atoms with Gasteiger partial charge in [-0.2, -0.15) is 18.4 Å². The van der Waals surface area contributed by atoms with E-state index in [4.69, 9.17) is 16.9 Å². The zero-order valence-corrected chi connectivity index (χ0v) is 13.3. The van der Waals surface area contributed by atoms with Crippen molar-refractivity contribution in [1.82, 2.24) is 0 Å². The Hall–Kier alpha value is -2.98. The molecule has 0 bridgehead atoms. The maximum absolute atomic E-state index is 12.9. The van der Waals surface area contributed by atoms with Gasteiger partial charge in [-0.1, -0.05) is 29.8 Å². The number of hydrogen-bond acceptors (Lipinski definition) is 3. The number of amides is 1. The Morgan fingerprint density at radius 3 is 2.52 bits per heavy atom. The number of anilines is 2. The van der Waals surface area contributed by atoms with Crippen LogP contribution in [0.25, 0.3) is 0 Å². The third-order valence-corrected chi connectivity index (χ3v) is 3.29. The quantitative estimate of drug-likeness (QED) is 0.603. The first kappa shape index (κ1) is 18.4. The van der Waals surface area contributed by atoms with Crippen molar-refractivity contribution in [1.29, 1.82) is 5.26 Å². The fourth-order valence-corrected chi connectivity index (χ4v) is 2.11. The first-order valence-electron chi connectivity index (χ1n) is 6.91. The number of para-hydroxylation sites is 1. The van der Waals surface area contributed by atoms with Crippen molar-refractivity contribution in [3.05, 3.63) is 70.9 Å². The minimum absolute atomic E-state index is 0.265. The lowest BCUT2D eigenvalue weighted by atomic mass is 10.1. The molecule has 0 heterocycles. The summed E-state index contributed by atoms with van der Waals surface area (Å²) in [4.78, 5) is 12.1. The zero-order chi connectivity index (χ0) is 18.4. The van der Waals surface area contributed by atoms with E-state index in [0.29, 0.717) is 10.7 Å². The molecule has 0 aliphatic carbocycles. The van der Waals surface area contributed by atoms with Gasteiger partial charge in [0.1, 0.15) is 11.6 Å². The van der Waals surface area contributed by atoms with Gasteiger partial charge in [-0.3, -0.25) is 4.79 Å². The standard InChI is InChI=1S/C17H11ClF3N3O/c18-12-4-3-5-13(8-12)24-16(25)11(9-22)10-23-15-7-2-1-6-14(15)17(19,20)21/h1-8,10,23H,(H,24,25)/b11-10-. The molecular weight excluding hydrogens is 355 g/mol. The van der Waals surface area contributed by atoms with Crippen LogP contribution in [0.5, 0.6) is 0 Å². The van der Waals surface area contributed by atoms with Crippen LogP contribution in [0, 0.1) is 11.3 Å². The van der Waals surface area contributed by atoms with Crippen LogP contribution < -0.4 is 10.6 Å². The molecule has 2 aromatic carbocycles. The molecule has 25 heavy (non-hydrogen) atoms. The van der Waals surface area contributed by atoms with Gasteiger partial charge in [-0.25, -0.2) is 0 Å². The fourth-order valence-electron chi connectivity index (χ4n) is 1.92. The molecule has 8 heteroatoms. The van der Waals surface area contributed by atoms with Gasteiger partial charge in [0.05, 0.1) is 11.3 Å². The van der Waals surface area contributed by atoms with Gasteiger partial charge in [-0.05, 0) is 30.3 Å². The first-order valence-corrected chi connectivity index (χ1v) is 7.29. The van der Waals surface area contributed by atoms with Crippen LogP contribution >= 0.6 is 11.6 Å². The molecule has 0 saturated heterocycles. The molecule has 2 N–H and O–H groups in total. The van der Waals surface area contributed by atoms with E-state index < -0.39 is 23.2 Å². The Morgan fingerprint density at radius 2 is 1.88 bits per heavy atom. The lowest BCUT2D eigenvalue weighted by Gasteiger charge is -2.12. The topological polar surface area (TPSA) is 64.9 Å². The molecule has 1 amide bonds. The molecule has 0 radical (unpaired) electrons. The van der Waals surface area contributed by atoms with Gasteiger partial charge in [0.2, 0.25) is 0 Å². The van der Waals surface area contributed by atoms with E-state index in [0.717, 1.165) is 12.3 Å². The number of carbonyl (C=O) groups is 1. The highest BCUT2D eigenvalue weighted by Gasteiger charge is 2.33. The Morgan fingerprint density at radius 1 is 1.16 bits per heavy atom. The normalized spacial score (nSPS) is 11.6. The third kappa shape index (κ3) is 4.99. The summed E-state index contributed by atoms with van der Waals surface area (Å²) < 4.78 is 38.8. The van der Waals surface area contributed by atoms with Crippen LogP contribution in [-0.2, 0) is 11.0 Å². The van der Waals surface area contributed by atoms with Crippen molar-refractivity contribution in [2.75, 3.05) is 10.6 Å². The lowest BCUT2D eigenvalue weighted by molar-refractivity contribution is -0.136. The second-order valence-corrected chi connectivity index (χ2v) is 5.26. The molecule has 128 valence electrons. The van der Waals surface area contributed by atoms with Crippen LogP contribution in [0.15, 0.2) is 60.3 Å². The molecule has 0 unspecified atom stereocenters. The Kier molecular flexibility index (Phi) is 5.67. The highest BCUT2D eigenvalue weighted by Crippen LogP contribution is 2.34. The Balaban J connectivity index is 2.19. The number of hydrogen-bond donors (Lipinski definition) is 2. The molecule has 0 atom stereocenters. The Labute approximate surface area is 146 Å². The van der Waals surface area contributed by atoms with Crippen molar-refractivity contribution in [2.24, 2.45) is 0 Å². The SMILES string of the molecule is N#C/C(=C/Nc1ccccc1C(F)(F)F)C(=O)Nc1cccc(Cl)c1. The molecule has 0 saturated carbocycles. The third-order valence-electron chi connectivity index (χ3n) is 3.05. The zero-order valence-electron chi connectivity index (χ0n) is 12.6. The molecular formula is C17H11ClF3N3O. The van der Waals surface area contributed by atoms with Crippen molar-refractivity contribution >= 4 is 28.9 Å². The summed E-state index contributed by atoms with van der Waals surface area (Å²) >= 11 is 5.79. The maximum atomic E-state index is 12.9. The van der Waals surface area contributed by atoms with E-state index in [1.54, 1.807) is 24.3 Å². The molecule has 4 nitrogen and oxygen atoms in total. The van der Waals surface area contributed by atoms with Gasteiger partial charge in [0.15, 0.2) is 0 Å². The summed E-state index contributed by atoms with van der Waals surface area (Å²) in [5, 5.41) is 14.3. The number of halogens is 4. The molecule has 2 aromatic rings. The van der Waals surface area contributed by atoms with E-state index in [2.05, 4.69) is 10.6 Å². The number of rotatable bonds is 4. The lowest BCUT2D eigenvalue weighted by Crippen LogP contribution is -2.15. The number of benzene rings is 2. The Bertz CT molecular complexity index is 857. The highest BCUT2D eigenvalue weighted by molar-refractivity contribution is 6.31. The summed E-state index contributed by atoms with van der Waals surface area (Å²) in [7, 11) is 0. The van der Waals surface area contributed by atoms with Crippen LogP contribution in [0.4, 0.5) is 24.5 Å². The van der Waals surface area contributed by atoms with E-state index in [-0.39, 0.29) is 5.69 Å². The van der Waals surface area contributed by atoms with Crippen molar-refractivity contribution in [2.45, 2.75) is 6.18 Å². The van der Waals surface area contributed by atoms with Crippen LogP contribution in [0.1, 0.15) is 5.56 Å². The highest BCUT2D eigenvalue weighted by atomic mass is 35.5. The first-order chi connectivity index (χ1) is 11.8. The largest absolute Gasteiger partial charge is 0.418 e. The monoisotopic (exact) mass is 365 g/mol. The predicted molar refractivity (Wildman–Crippen MR) is 88.8 cm³/mol. The molecule has 0 spiro atoms. The number of nitriles is 1. The molecule has 0 aliphatic heterocycles. The van der Waals surface area contributed by atoms with E-state index in [1.165, 1.54) is 24.3 Å². The van der Waals surface area contributed by atoms with E-state index in [1.807, 2.05) is 0 Å². The summed E-state index contributed by atoms with van der Waals surface area (Å²) in [6.07, 6.45) is -3.64. The molecule has 0 aliphatic rings. The number of nitrogens with one attached hydrogen (secondary N) is 2. The summed E-state index contributed by atoms with van der Waals surface area (Å²) in [5.74, 6) is -0.776. The average molecular weight is 366 g/mol. The van der Waals surface area contributed by atoms with Gasteiger partial charge in [0, 0.05) is 16.9 Å². The van der Waals surface area contributed by atoms with Crippen LogP contribution in [-0.4, -0.2) is 5.91 Å². The van der Waals surface area contributed by atoms with E-state index in [9.17, 15) is 18.0 Å². The van der Waals surface area contributed by atoms with Crippen LogP contribution in [0.2, 0.25) is 5.02 Å². The van der Waals surface area contributed by atoms with Gasteiger partial charge in [-0.15, -0.1) is 0 Å². The van der Waals surface area contributed by atoms with Crippen molar-refractivity contribution in [3.8, 4) is 6.07 Å². The summed E-state index contributed by atoms with van der Waals surface area (Å²) in [6.45, 7) is 0. The molecule has 0 aromatic heterocycles. The van der Waals surface area contributed by atoms with Crippen molar-refractivity contribution < 1.29 is 18.0 Å². The van der Waals surface area contributed by atoms with Crippen LogP contribution in [0.3, 0.4) is 0 Å². The smallest absolute Gasteiger partial charge is 0.360 e. The average Bonchev–Trinajstić information content (AvgIpc) is 2.55. The van der Waals surface area contributed by atoms with Gasteiger partial charge in [0.25, 0.3) is 5.91 Å². The molecule has 0 fully saturated rings. The number of alkyl halides is 3. The summed E-state index contributed by atoms with van der Waals surface area (Å²) in [6, 6.07) is 12.6. The van der Waals surface area contributed by atoms with Crippen molar-refractivity contribution in [3.63, 3.8) is 0 Å². The fraction of sp³-hybridized carbons (Fsp3) is 0.0588. The number of carbonyl (C=O) groups excluding carboxylic acids is 1. The predicted octanol–water partition coefficient (Wildman–Crippen LogP) is 4.82. The minimum Gasteiger partial charge on any atom is -0.360 e. The van der Waals surface area contributed by atoms with E-state index >= 15 is 0 Å². The summed E-state index contributed by atoms with van der Waals surface area (Å²) in [5.41, 5.74) is -1.21. The maximum Gasteiger partial charge on any atom is 0.418 e. The minimum atomic E-state index is -4.56. The van der Waals surface area contributed by atoms with Gasteiger partial charge >= 0.3 is 6.18 Å². The second kappa shape index (κ2) is 7.73.